The van der Waals surface area contributed by atoms with Gasteiger partial charge in [0.15, 0.2) is 0 Å². The Hall–Kier alpha value is -3.73. The molecule has 0 aliphatic rings. The average Bonchev–Trinajstić information content (AvgIpc) is 3.37. The standard InChI is InChI=1S/C24H17F2N3/c1-14-10-22(21-6-3-9-27-21)28-13-17(14)15-7-8-20-16(11-15)12-23(29-20)24-18(25)4-2-5-19(24)26/h2-13,27,29H,1H3. The minimum absolute atomic E-state index is 0.0432. The lowest BCUT2D eigenvalue weighted by molar-refractivity contribution is 0.589. The maximum absolute atomic E-state index is 14.1. The van der Waals surface area contributed by atoms with E-state index in [0.717, 1.165) is 39.0 Å². The maximum atomic E-state index is 14.1. The highest BCUT2D eigenvalue weighted by molar-refractivity contribution is 5.90. The number of hydrogen-bond acceptors (Lipinski definition) is 1. The van der Waals surface area contributed by atoms with Gasteiger partial charge in [-0.2, -0.15) is 0 Å². The molecule has 5 rings (SSSR count). The maximum Gasteiger partial charge on any atom is 0.135 e. The second-order valence-electron chi connectivity index (χ2n) is 7.05. The molecule has 0 atom stereocenters. The van der Waals surface area contributed by atoms with Crippen LogP contribution in [0.3, 0.4) is 0 Å². The summed E-state index contributed by atoms with van der Waals surface area (Å²) in [7, 11) is 0. The zero-order valence-corrected chi connectivity index (χ0v) is 15.6. The molecule has 0 amide bonds. The van der Waals surface area contributed by atoms with Crippen molar-refractivity contribution in [1.82, 2.24) is 15.0 Å². The highest BCUT2D eigenvalue weighted by Gasteiger charge is 2.14. The summed E-state index contributed by atoms with van der Waals surface area (Å²) in [5.41, 5.74) is 6.17. The highest BCUT2D eigenvalue weighted by atomic mass is 19.1. The molecule has 5 aromatic rings. The molecular weight excluding hydrogens is 368 g/mol. The van der Waals surface area contributed by atoms with E-state index in [0.29, 0.717) is 5.69 Å². The number of aromatic amines is 2. The molecule has 3 heterocycles. The third-order valence-corrected chi connectivity index (χ3v) is 5.15. The summed E-state index contributed by atoms with van der Waals surface area (Å²) in [6.45, 7) is 2.05. The van der Waals surface area contributed by atoms with Gasteiger partial charge in [-0.25, -0.2) is 8.78 Å². The van der Waals surface area contributed by atoms with Crippen molar-refractivity contribution in [3.05, 3.63) is 90.3 Å². The molecule has 0 bridgehead atoms. The van der Waals surface area contributed by atoms with Crippen molar-refractivity contribution in [3.8, 4) is 33.8 Å². The quantitative estimate of drug-likeness (QED) is 0.367. The molecule has 29 heavy (non-hydrogen) atoms. The van der Waals surface area contributed by atoms with Gasteiger partial charge in [0.2, 0.25) is 0 Å². The zero-order valence-electron chi connectivity index (χ0n) is 15.6. The number of aromatic nitrogens is 3. The van der Waals surface area contributed by atoms with E-state index in [1.807, 2.05) is 55.7 Å². The van der Waals surface area contributed by atoms with Crippen molar-refractivity contribution in [2.45, 2.75) is 6.92 Å². The van der Waals surface area contributed by atoms with Crippen LogP contribution in [0.5, 0.6) is 0 Å². The van der Waals surface area contributed by atoms with Gasteiger partial charge in [0, 0.05) is 28.9 Å². The summed E-state index contributed by atoms with van der Waals surface area (Å²) in [6.07, 6.45) is 3.73. The molecule has 0 radical (unpaired) electrons. The summed E-state index contributed by atoms with van der Waals surface area (Å²) in [5, 5.41) is 0.882. The fourth-order valence-corrected chi connectivity index (χ4v) is 3.69. The number of pyridine rings is 1. The van der Waals surface area contributed by atoms with Crippen molar-refractivity contribution in [2.75, 3.05) is 0 Å². The Morgan fingerprint density at radius 3 is 2.41 bits per heavy atom. The fourth-order valence-electron chi connectivity index (χ4n) is 3.69. The number of halogens is 2. The van der Waals surface area contributed by atoms with E-state index >= 15 is 0 Å². The lowest BCUT2D eigenvalue weighted by atomic mass is 10.0. The van der Waals surface area contributed by atoms with Crippen LogP contribution in [0.1, 0.15) is 5.56 Å². The first-order valence-corrected chi connectivity index (χ1v) is 9.28. The second-order valence-corrected chi connectivity index (χ2v) is 7.05. The Balaban J connectivity index is 1.57. The second kappa shape index (κ2) is 6.71. The van der Waals surface area contributed by atoms with E-state index < -0.39 is 11.6 Å². The third-order valence-electron chi connectivity index (χ3n) is 5.15. The molecule has 3 nitrogen and oxygen atoms in total. The van der Waals surface area contributed by atoms with Gasteiger partial charge in [0.25, 0.3) is 0 Å². The summed E-state index contributed by atoms with van der Waals surface area (Å²) in [6, 6.07) is 17.5. The van der Waals surface area contributed by atoms with Gasteiger partial charge in [-0.1, -0.05) is 12.1 Å². The first-order valence-electron chi connectivity index (χ1n) is 9.28. The van der Waals surface area contributed by atoms with Crippen LogP contribution in [0, 0.1) is 18.6 Å². The van der Waals surface area contributed by atoms with Gasteiger partial charge in [-0.05, 0) is 66.6 Å². The van der Waals surface area contributed by atoms with Crippen molar-refractivity contribution in [1.29, 1.82) is 0 Å². The molecule has 0 aliphatic heterocycles. The van der Waals surface area contributed by atoms with E-state index in [1.165, 1.54) is 18.2 Å². The molecule has 5 heteroatoms. The highest BCUT2D eigenvalue weighted by Crippen LogP contribution is 2.32. The van der Waals surface area contributed by atoms with Crippen molar-refractivity contribution >= 4 is 10.9 Å². The molecule has 0 spiro atoms. The van der Waals surface area contributed by atoms with Crippen LogP contribution in [-0.2, 0) is 0 Å². The Kier molecular flexibility index (Phi) is 4.02. The SMILES string of the molecule is Cc1cc(-c2ccc[nH]2)ncc1-c1ccc2[nH]c(-c3c(F)cccc3F)cc2c1. The molecular formula is C24H17F2N3. The predicted octanol–water partition coefficient (Wildman–Crippen LogP) is 6.48. The van der Waals surface area contributed by atoms with Crippen LogP contribution >= 0.6 is 0 Å². The van der Waals surface area contributed by atoms with Crippen LogP contribution in [0.4, 0.5) is 8.78 Å². The Morgan fingerprint density at radius 1 is 0.862 bits per heavy atom. The van der Waals surface area contributed by atoms with Crippen molar-refractivity contribution in [3.63, 3.8) is 0 Å². The molecule has 0 saturated carbocycles. The number of fused-ring (bicyclic) bond motifs is 1. The lowest BCUT2D eigenvalue weighted by Gasteiger charge is -2.08. The molecule has 3 aromatic heterocycles. The Bertz CT molecular complexity index is 1310. The van der Waals surface area contributed by atoms with Crippen LogP contribution in [0.25, 0.3) is 44.7 Å². The monoisotopic (exact) mass is 385 g/mol. The van der Waals surface area contributed by atoms with Gasteiger partial charge in [-0.15, -0.1) is 0 Å². The van der Waals surface area contributed by atoms with Gasteiger partial charge in [0.05, 0.1) is 22.6 Å². The third kappa shape index (κ3) is 3.01. The number of nitrogens with one attached hydrogen (secondary N) is 2. The van der Waals surface area contributed by atoms with Crippen molar-refractivity contribution in [2.24, 2.45) is 0 Å². The van der Waals surface area contributed by atoms with Crippen LogP contribution in [-0.4, -0.2) is 15.0 Å². The summed E-state index contributed by atoms with van der Waals surface area (Å²) >= 11 is 0. The molecule has 0 saturated heterocycles. The molecule has 142 valence electrons. The Morgan fingerprint density at radius 2 is 1.69 bits per heavy atom. The number of hydrogen-bond donors (Lipinski definition) is 2. The largest absolute Gasteiger partial charge is 0.360 e. The van der Waals surface area contributed by atoms with Crippen molar-refractivity contribution < 1.29 is 8.78 Å². The topological polar surface area (TPSA) is 44.5 Å². The minimum Gasteiger partial charge on any atom is -0.360 e. The van der Waals surface area contributed by atoms with E-state index in [4.69, 9.17) is 0 Å². The van der Waals surface area contributed by atoms with E-state index in [1.54, 1.807) is 6.07 Å². The molecule has 0 unspecified atom stereocenters. The number of rotatable bonds is 3. The summed E-state index contributed by atoms with van der Waals surface area (Å²) in [5.74, 6) is -1.17. The lowest BCUT2D eigenvalue weighted by Crippen LogP contribution is -1.89. The number of benzene rings is 2. The molecule has 2 N–H and O–H groups in total. The van der Waals surface area contributed by atoms with E-state index in [-0.39, 0.29) is 5.56 Å². The normalized spacial score (nSPS) is 11.3. The first kappa shape index (κ1) is 17.4. The predicted molar refractivity (Wildman–Crippen MR) is 111 cm³/mol. The van der Waals surface area contributed by atoms with Gasteiger partial charge in [0.1, 0.15) is 11.6 Å². The Labute approximate surface area is 166 Å². The van der Waals surface area contributed by atoms with Gasteiger partial charge < -0.3 is 9.97 Å². The van der Waals surface area contributed by atoms with Crippen LogP contribution < -0.4 is 0 Å². The van der Waals surface area contributed by atoms with E-state index in [9.17, 15) is 8.78 Å². The van der Waals surface area contributed by atoms with E-state index in [2.05, 4.69) is 15.0 Å². The number of nitrogens with zero attached hydrogens (tertiary/aromatic N) is 1. The average molecular weight is 385 g/mol. The van der Waals surface area contributed by atoms with Crippen LogP contribution in [0.15, 0.2) is 73.1 Å². The molecule has 0 aliphatic carbocycles. The van der Waals surface area contributed by atoms with Gasteiger partial charge >= 0.3 is 0 Å². The smallest absolute Gasteiger partial charge is 0.135 e. The first-order chi connectivity index (χ1) is 14.1. The number of H-pyrrole nitrogens is 2. The fraction of sp³-hybridized carbons (Fsp3) is 0.0417. The minimum atomic E-state index is -0.586. The summed E-state index contributed by atoms with van der Waals surface area (Å²) < 4.78 is 28.3. The number of aryl methyl sites for hydroxylation is 1. The molecule has 2 aromatic carbocycles. The van der Waals surface area contributed by atoms with Gasteiger partial charge in [-0.3, -0.25) is 4.98 Å². The molecule has 0 fully saturated rings. The summed E-state index contributed by atoms with van der Waals surface area (Å²) in [4.78, 5) is 10.9. The van der Waals surface area contributed by atoms with Crippen LogP contribution in [0.2, 0.25) is 0 Å². The zero-order chi connectivity index (χ0) is 20.0.